The highest BCUT2D eigenvalue weighted by Crippen LogP contribution is 2.51. The molecule has 5 aliphatic rings. The highest BCUT2D eigenvalue weighted by atomic mass is 79.9. The molecule has 1 aliphatic carbocycles. The van der Waals surface area contributed by atoms with Gasteiger partial charge in [0.25, 0.3) is 0 Å². The van der Waals surface area contributed by atoms with Crippen molar-refractivity contribution in [3.63, 3.8) is 0 Å². The van der Waals surface area contributed by atoms with Crippen LogP contribution in [0.15, 0.2) is 83.3 Å². The molecular formula is C44H50BrFN4O3. The summed E-state index contributed by atoms with van der Waals surface area (Å²) in [6, 6.07) is 28.2. The van der Waals surface area contributed by atoms with Crippen LogP contribution < -0.4 is 14.5 Å². The van der Waals surface area contributed by atoms with Gasteiger partial charge < -0.3 is 24.0 Å². The molecule has 53 heavy (non-hydrogen) atoms. The SMILES string of the molecule is F[C@H]1CN2CCC[C@@]2(COc2cc(N3CCCOCC3)c3c(n2)CC2(CCCc4ccc(N(Cc5ccccc5)Cc5ccccc5)c(Br)c42)OC3)C1. The predicted molar refractivity (Wildman–Crippen MR) is 210 cm³/mol. The first-order chi connectivity index (χ1) is 26.0. The Hall–Kier alpha value is -3.50. The fraction of sp³-hybridized carbons (Fsp3) is 0.477. The number of alkyl halides is 1. The normalized spacial score (nSPS) is 25.5. The van der Waals surface area contributed by atoms with Gasteiger partial charge in [0.15, 0.2) is 0 Å². The number of rotatable bonds is 9. The first kappa shape index (κ1) is 35.2. The molecule has 0 amide bonds. The summed E-state index contributed by atoms with van der Waals surface area (Å²) < 4.78 is 35.5. The first-order valence-electron chi connectivity index (χ1n) is 19.6. The summed E-state index contributed by atoms with van der Waals surface area (Å²) in [6.45, 7) is 7.21. The molecule has 0 bridgehead atoms. The zero-order chi connectivity index (χ0) is 35.8. The van der Waals surface area contributed by atoms with Crippen molar-refractivity contribution in [3.05, 3.63) is 117 Å². The van der Waals surface area contributed by atoms with E-state index in [2.05, 4.69) is 109 Å². The summed E-state index contributed by atoms with van der Waals surface area (Å²) in [4.78, 5) is 12.5. The van der Waals surface area contributed by atoms with Crippen LogP contribution in [0.2, 0.25) is 0 Å². The van der Waals surface area contributed by atoms with E-state index < -0.39 is 11.8 Å². The minimum Gasteiger partial charge on any atom is -0.476 e. The van der Waals surface area contributed by atoms with Gasteiger partial charge in [0.1, 0.15) is 18.4 Å². The van der Waals surface area contributed by atoms with Crippen molar-refractivity contribution in [1.29, 1.82) is 0 Å². The van der Waals surface area contributed by atoms with Crippen molar-refractivity contribution in [2.45, 2.75) is 88.4 Å². The Morgan fingerprint density at radius 1 is 0.906 bits per heavy atom. The molecule has 9 heteroatoms. The van der Waals surface area contributed by atoms with Gasteiger partial charge in [0, 0.05) is 79.5 Å². The molecule has 3 fully saturated rings. The monoisotopic (exact) mass is 780 g/mol. The maximum Gasteiger partial charge on any atom is 0.215 e. The lowest BCUT2D eigenvalue weighted by Crippen LogP contribution is -2.43. The molecule has 278 valence electrons. The van der Waals surface area contributed by atoms with Crippen molar-refractivity contribution in [2.24, 2.45) is 0 Å². The van der Waals surface area contributed by atoms with E-state index in [0.29, 0.717) is 45.1 Å². The molecule has 4 aliphatic heterocycles. The average Bonchev–Trinajstić information content (AvgIpc) is 3.56. The minimum absolute atomic E-state index is 0.229. The number of nitrogens with zero attached hydrogens (tertiary/aromatic N) is 4. The van der Waals surface area contributed by atoms with Gasteiger partial charge in [-0.2, -0.15) is 0 Å². The highest BCUT2D eigenvalue weighted by molar-refractivity contribution is 9.10. The van der Waals surface area contributed by atoms with Crippen LogP contribution in [0.1, 0.15) is 72.0 Å². The molecule has 3 saturated heterocycles. The molecule has 5 heterocycles. The summed E-state index contributed by atoms with van der Waals surface area (Å²) in [6.07, 6.45) is 6.48. The second-order valence-electron chi connectivity index (χ2n) is 15.8. The van der Waals surface area contributed by atoms with Gasteiger partial charge in [-0.25, -0.2) is 9.37 Å². The lowest BCUT2D eigenvalue weighted by atomic mass is 9.74. The molecule has 4 aromatic rings. The van der Waals surface area contributed by atoms with Crippen molar-refractivity contribution in [2.75, 3.05) is 55.8 Å². The molecule has 0 saturated carbocycles. The van der Waals surface area contributed by atoms with E-state index in [0.717, 1.165) is 99.3 Å². The van der Waals surface area contributed by atoms with E-state index >= 15 is 0 Å². The van der Waals surface area contributed by atoms with Crippen LogP contribution in [-0.4, -0.2) is 67.6 Å². The molecule has 1 spiro atoms. The molecule has 3 atom stereocenters. The predicted octanol–water partition coefficient (Wildman–Crippen LogP) is 8.54. The van der Waals surface area contributed by atoms with Gasteiger partial charge in [-0.15, -0.1) is 0 Å². The number of benzene rings is 3. The van der Waals surface area contributed by atoms with Crippen LogP contribution in [0, 0.1) is 0 Å². The number of halogens is 2. The summed E-state index contributed by atoms with van der Waals surface area (Å²) in [5, 5.41) is 0. The van der Waals surface area contributed by atoms with E-state index in [9.17, 15) is 4.39 Å². The van der Waals surface area contributed by atoms with Crippen molar-refractivity contribution in [3.8, 4) is 5.88 Å². The van der Waals surface area contributed by atoms with Gasteiger partial charge in [0.2, 0.25) is 5.88 Å². The van der Waals surface area contributed by atoms with Gasteiger partial charge >= 0.3 is 0 Å². The van der Waals surface area contributed by atoms with Gasteiger partial charge in [0.05, 0.1) is 30.1 Å². The largest absolute Gasteiger partial charge is 0.476 e. The fourth-order valence-electron chi connectivity index (χ4n) is 9.81. The molecule has 3 aromatic carbocycles. The second kappa shape index (κ2) is 15.0. The van der Waals surface area contributed by atoms with Crippen molar-refractivity contribution >= 4 is 27.3 Å². The third kappa shape index (κ3) is 6.99. The van der Waals surface area contributed by atoms with Crippen LogP contribution in [0.4, 0.5) is 15.8 Å². The molecule has 0 radical (unpaired) electrons. The van der Waals surface area contributed by atoms with Crippen molar-refractivity contribution in [1.82, 2.24) is 9.88 Å². The fourth-order valence-corrected chi connectivity index (χ4v) is 10.8. The van der Waals surface area contributed by atoms with Gasteiger partial charge in [-0.1, -0.05) is 66.7 Å². The Kier molecular flexibility index (Phi) is 9.95. The Labute approximate surface area is 321 Å². The number of hydrogen-bond donors (Lipinski definition) is 0. The molecule has 1 unspecified atom stereocenters. The average molecular weight is 782 g/mol. The molecular weight excluding hydrogens is 731 g/mol. The molecule has 1 aromatic heterocycles. The topological polar surface area (TPSA) is 50.3 Å². The van der Waals surface area contributed by atoms with E-state index in [1.54, 1.807) is 0 Å². The van der Waals surface area contributed by atoms with E-state index in [1.807, 2.05) is 0 Å². The summed E-state index contributed by atoms with van der Waals surface area (Å²) in [5.74, 6) is 0.644. The standard InChI is InChI=1S/C44H50BrFN4O3/c45-42-38(49(27-32-10-3-1-4-11-32)28-33-12-5-2-6-13-33)16-15-34-14-7-18-44(41(34)42)26-37-36(30-53-44)39(48-19-9-22-51-23-21-48)24-40(47-37)52-31-43-17-8-20-50(43)29-35(46)25-43/h1-6,10-13,15-16,24,35H,7-9,14,17-23,25-31H2/t35-,43+,44?/m1/s1. The maximum atomic E-state index is 14.7. The lowest BCUT2D eigenvalue weighted by molar-refractivity contribution is -0.0858. The van der Waals surface area contributed by atoms with Gasteiger partial charge in [-0.05, 0) is 83.8 Å². The Balaban J connectivity index is 1.08. The smallest absolute Gasteiger partial charge is 0.215 e. The van der Waals surface area contributed by atoms with Crippen LogP contribution in [-0.2, 0) is 47.6 Å². The summed E-state index contributed by atoms with van der Waals surface area (Å²) >= 11 is 4.21. The zero-order valence-corrected chi connectivity index (χ0v) is 32.2. The molecule has 9 rings (SSSR count). The van der Waals surface area contributed by atoms with Crippen molar-refractivity contribution < 1.29 is 18.6 Å². The maximum absolute atomic E-state index is 14.7. The number of fused-ring (bicyclic) bond motifs is 4. The van der Waals surface area contributed by atoms with E-state index in [1.165, 1.54) is 27.9 Å². The number of anilines is 2. The number of aryl methyl sites for hydroxylation is 1. The zero-order valence-electron chi connectivity index (χ0n) is 30.6. The van der Waals surface area contributed by atoms with E-state index in [-0.39, 0.29) is 5.54 Å². The van der Waals surface area contributed by atoms with Crippen LogP contribution >= 0.6 is 15.9 Å². The summed E-state index contributed by atoms with van der Waals surface area (Å²) in [7, 11) is 0. The second-order valence-corrected chi connectivity index (χ2v) is 16.6. The Bertz CT molecular complexity index is 1870. The van der Waals surface area contributed by atoms with Crippen LogP contribution in [0.5, 0.6) is 5.88 Å². The third-order valence-electron chi connectivity index (χ3n) is 12.4. The lowest BCUT2D eigenvalue weighted by Gasteiger charge is -2.44. The minimum atomic E-state index is -0.786. The quantitative estimate of drug-likeness (QED) is 0.169. The van der Waals surface area contributed by atoms with E-state index in [4.69, 9.17) is 19.2 Å². The highest BCUT2D eigenvalue weighted by Gasteiger charge is 2.50. The first-order valence-corrected chi connectivity index (χ1v) is 20.4. The van der Waals surface area contributed by atoms with Crippen LogP contribution in [0.25, 0.3) is 0 Å². The number of hydrogen-bond acceptors (Lipinski definition) is 7. The van der Waals surface area contributed by atoms with Gasteiger partial charge in [-0.3, -0.25) is 4.90 Å². The van der Waals surface area contributed by atoms with Crippen LogP contribution in [0.3, 0.4) is 0 Å². The number of ether oxygens (including phenoxy) is 3. The Morgan fingerprint density at radius 2 is 1.70 bits per heavy atom. The third-order valence-corrected chi connectivity index (χ3v) is 13.2. The Morgan fingerprint density at radius 3 is 2.49 bits per heavy atom. The summed E-state index contributed by atoms with van der Waals surface area (Å²) in [5.41, 5.74) is 8.93. The molecule has 0 N–H and O–H groups in total. The molecule has 7 nitrogen and oxygen atoms in total. The number of aromatic nitrogens is 1. The number of pyridine rings is 1.